The molecule has 180 valence electrons. The highest BCUT2D eigenvalue weighted by molar-refractivity contribution is 7.92. The van der Waals surface area contributed by atoms with Crippen LogP contribution in [-0.2, 0) is 26.0 Å². The van der Waals surface area contributed by atoms with Crippen LogP contribution in [0.3, 0.4) is 0 Å². The van der Waals surface area contributed by atoms with Crippen LogP contribution in [0, 0.1) is 0 Å². The molecule has 10 heteroatoms. The summed E-state index contributed by atoms with van der Waals surface area (Å²) < 4.78 is 32.8. The van der Waals surface area contributed by atoms with Gasteiger partial charge in [0.25, 0.3) is 15.9 Å². The molecule has 0 unspecified atom stereocenters. The van der Waals surface area contributed by atoms with Gasteiger partial charge in [0, 0.05) is 17.8 Å². The normalized spacial score (nSPS) is 13.0. The van der Waals surface area contributed by atoms with Gasteiger partial charge in [-0.15, -0.1) is 0 Å². The summed E-state index contributed by atoms with van der Waals surface area (Å²) in [5, 5.41) is 2.54. The SMILES string of the molecule is NC(=O)c1ccc(NC(=O)COC(=O)c2ccc(S(=O)(=O)N3CCCc4ccccc43)cc2)cc1. The second-order valence-electron chi connectivity index (χ2n) is 7.90. The first-order chi connectivity index (χ1) is 16.8. The van der Waals surface area contributed by atoms with Crippen molar-refractivity contribution in [1.82, 2.24) is 0 Å². The fraction of sp³-hybridized carbons (Fsp3) is 0.160. The maximum Gasteiger partial charge on any atom is 0.338 e. The first-order valence-electron chi connectivity index (χ1n) is 10.8. The average molecular weight is 494 g/mol. The number of nitrogens with one attached hydrogen (secondary N) is 1. The molecule has 2 amide bonds. The number of nitrogens with zero attached hydrogens (tertiary/aromatic N) is 1. The Morgan fingerprint density at radius 1 is 0.914 bits per heavy atom. The molecule has 3 aromatic carbocycles. The highest BCUT2D eigenvalue weighted by Crippen LogP contribution is 2.31. The number of nitrogens with two attached hydrogens (primary N) is 1. The number of fused-ring (bicyclic) bond motifs is 1. The number of amides is 2. The first-order valence-corrected chi connectivity index (χ1v) is 12.3. The van der Waals surface area contributed by atoms with Crippen molar-refractivity contribution >= 4 is 39.2 Å². The van der Waals surface area contributed by atoms with Crippen molar-refractivity contribution in [2.75, 3.05) is 22.8 Å². The van der Waals surface area contributed by atoms with Crippen LogP contribution in [0.1, 0.15) is 32.7 Å². The number of ether oxygens (including phenoxy) is 1. The van der Waals surface area contributed by atoms with Crippen molar-refractivity contribution in [3.8, 4) is 0 Å². The van der Waals surface area contributed by atoms with E-state index in [1.807, 2.05) is 12.1 Å². The summed E-state index contributed by atoms with van der Waals surface area (Å²) in [5.41, 5.74) is 7.63. The zero-order chi connectivity index (χ0) is 25.0. The van der Waals surface area contributed by atoms with Gasteiger partial charge in [0.15, 0.2) is 6.61 Å². The molecule has 0 saturated heterocycles. The van der Waals surface area contributed by atoms with Crippen LogP contribution in [0.4, 0.5) is 11.4 Å². The maximum absolute atomic E-state index is 13.2. The Labute approximate surface area is 202 Å². The Bertz CT molecular complexity index is 1370. The number of carbonyl (C=O) groups excluding carboxylic acids is 3. The standard InChI is InChI=1S/C25H23N3O6S/c26-24(30)18-7-11-20(12-8-18)27-23(29)16-34-25(31)19-9-13-21(14-10-19)35(32,33)28-15-3-5-17-4-1-2-6-22(17)28/h1-2,4,6-14H,3,5,15-16H2,(H2,26,30)(H,27,29). The Hall–Kier alpha value is -4.18. The molecule has 0 aliphatic carbocycles. The number of sulfonamides is 1. The number of carbonyl (C=O) groups is 3. The number of esters is 1. The number of primary amides is 1. The molecule has 0 bridgehead atoms. The van der Waals surface area contributed by atoms with E-state index in [2.05, 4.69) is 5.32 Å². The molecule has 4 rings (SSSR count). The highest BCUT2D eigenvalue weighted by Gasteiger charge is 2.29. The quantitative estimate of drug-likeness (QED) is 0.486. The zero-order valence-electron chi connectivity index (χ0n) is 18.6. The third-order valence-corrected chi connectivity index (χ3v) is 7.36. The number of rotatable bonds is 7. The number of aryl methyl sites for hydroxylation is 1. The predicted octanol–water partition coefficient (Wildman–Crippen LogP) is 2.72. The summed E-state index contributed by atoms with van der Waals surface area (Å²) >= 11 is 0. The summed E-state index contributed by atoms with van der Waals surface area (Å²) in [4.78, 5) is 35.5. The lowest BCUT2D eigenvalue weighted by atomic mass is 10.0. The van der Waals surface area contributed by atoms with Gasteiger partial charge in [-0.1, -0.05) is 18.2 Å². The molecule has 35 heavy (non-hydrogen) atoms. The smallest absolute Gasteiger partial charge is 0.338 e. The monoisotopic (exact) mass is 493 g/mol. The van der Waals surface area contributed by atoms with Crippen LogP contribution in [-0.4, -0.2) is 39.4 Å². The summed E-state index contributed by atoms with van der Waals surface area (Å²) in [5.74, 6) is -1.93. The Kier molecular flexibility index (Phi) is 6.83. The third-order valence-electron chi connectivity index (χ3n) is 5.53. The van der Waals surface area contributed by atoms with Crippen molar-refractivity contribution in [2.24, 2.45) is 5.73 Å². The number of benzene rings is 3. The van der Waals surface area contributed by atoms with Gasteiger partial charge in [0.05, 0.1) is 16.1 Å². The molecule has 3 N–H and O–H groups in total. The topological polar surface area (TPSA) is 136 Å². The molecule has 3 aromatic rings. The summed E-state index contributed by atoms with van der Waals surface area (Å²) in [6, 6.07) is 18.7. The van der Waals surface area contributed by atoms with Crippen LogP contribution < -0.4 is 15.4 Å². The summed E-state index contributed by atoms with van der Waals surface area (Å²) in [7, 11) is -3.80. The minimum Gasteiger partial charge on any atom is -0.452 e. The number of hydrogen-bond acceptors (Lipinski definition) is 6. The molecule has 0 fully saturated rings. The lowest BCUT2D eigenvalue weighted by Crippen LogP contribution is -2.35. The lowest BCUT2D eigenvalue weighted by molar-refractivity contribution is -0.119. The molecule has 0 aromatic heterocycles. The molecular formula is C25H23N3O6S. The van der Waals surface area contributed by atoms with E-state index >= 15 is 0 Å². The number of para-hydroxylation sites is 1. The van der Waals surface area contributed by atoms with Gasteiger partial charge in [0.1, 0.15) is 0 Å². The van der Waals surface area contributed by atoms with Crippen LogP contribution >= 0.6 is 0 Å². The summed E-state index contributed by atoms with van der Waals surface area (Å²) in [6.07, 6.45) is 1.54. The molecule has 1 aliphatic heterocycles. The van der Waals surface area contributed by atoms with Gasteiger partial charge >= 0.3 is 5.97 Å². The minimum absolute atomic E-state index is 0.0582. The third kappa shape index (κ3) is 5.33. The number of hydrogen-bond donors (Lipinski definition) is 2. The van der Waals surface area contributed by atoms with Gasteiger partial charge < -0.3 is 15.8 Å². The van der Waals surface area contributed by atoms with Gasteiger partial charge in [-0.25, -0.2) is 13.2 Å². The Morgan fingerprint density at radius 2 is 1.57 bits per heavy atom. The van der Waals surface area contributed by atoms with Crippen LogP contribution in [0.5, 0.6) is 0 Å². The second-order valence-corrected chi connectivity index (χ2v) is 9.76. The second kappa shape index (κ2) is 9.98. The lowest BCUT2D eigenvalue weighted by Gasteiger charge is -2.30. The molecule has 9 nitrogen and oxygen atoms in total. The van der Waals surface area contributed by atoms with E-state index in [0.29, 0.717) is 23.5 Å². The van der Waals surface area contributed by atoms with Crippen molar-refractivity contribution in [3.63, 3.8) is 0 Å². The molecule has 0 radical (unpaired) electrons. The fourth-order valence-electron chi connectivity index (χ4n) is 3.77. The van der Waals surface area contributed by atoms with E-state index in [0.717, 1.165) is 18.4 Å². The van der Waals surface area contributed by atoms with Crippen molar-refractivity contribution in [1.29, 1.82) is 0 Å². The van der Waals surface area contributed by atoms with E-state index < -0.39 is 34.4 Å². The first kappa shape index (κ1) is 24.0. The van der Waals surface area contributed by atoms with Gasteiger partial charge in [-0.2, -0.15) is 0 Å². The predicted molar refractivity (Wildman–Crippen MR) is 130 cm³/mol. The van der Waals surface area contributed by atoms with E-state index in [4.69, 9.17) is 10.5 Å². The van der Waals surface area contributed by atoms with E-state index in [1.54, 1.807) is 12.1 Å². The molecule has 0 saturated carbocycles. The molecule has 1 aliphatic rings. The van der Waals surface area contributed by atoms with Gasteiger partial charge in [-0.05, 0) is 73.0 Å². The van der Waals surface area contributed by atoms with Crippen molar-refractivity contribution < 1.29 is 27.5 Å². The average Bonchev–Trinajstić information content (AvgIpc) is 2.87. The highest BCUT2D eigenvalue weighted by atomic mass is 32.2. The van der Waals surface area contributed by atoms with Gasteiger partial charge in [-0.3, -0.25) is 13.9 Å². The number of anilines is 2. The van der Waals surface area contributed by atoms with E-state index in [-0.39, 0.29) is 10.5 Å². The van der Waals surface area contributed by atoms with Gasteiger partial charge in [0.2, 0.25) is 5.91 Å². The maximum atomic E-state index is 13.2. The summed E-state index contributed by atoms with van der Waals surface area (Å²) in [6.45, 7) is -0.162. The Balaban J connectivity index is 1.37. The zero-order valence-corrected chi connectivity index (χ0v) is 19.5. The fourth-order valence-corrected chi connectivity index (χ4v) is 5.31. The van der Waals surface area contributed by atoms with E-state index in [1.165, 1.54) is 52.8 Å². The Morgan fingerprint density at radius 3 is 2.26 bits per heavy atom. The molecule has 1 heterocycles. The molecule has 0 spiro atoms. The largest absolute Gasteiger partial charge is 0.452 e. The van der Waals surface area contributed by atoms with E-state index in [9.17, 15) is 22.8 Å². The van der Waals surface area contributed by atoms with Crippen molar-refractivity contribution in [2.45, 2.75) is 17.7 Å². The van der Waals surface area contributed by atoms with Crippen LogP contribution in [0.25, 0.3) is 0 Å². The van der Waals surface area contributed by atoms with Crippen LogP contribution in [0.15, 0.2) is 77.7 Å². The van der Waals surface area contributed by atoms with Crippen molar-refractivity contribution in [3.05, 3.63) is 89.5 Å². The molecular weight excluding hydrogens is 470 g/mol. The minimum atomic E-state index is -3.80. The molecule has 0 atom stereocenters. The van der Waals surface area contributed by atoms with Crippen LogP contribution in [0.2, 0.25) is 0 Å².